The highest BCUT2D eigenvalue weighted by atomic mass is 19.4. The van der Waals surface area contributed by atoms with E-state index >= 15 is 0 Å². The van der Waals surface area contributed by atoms with E-state index in [2.05, 4.69) is 17.6 Å². The second kappa shape index (κ2) is 5.70. The standard InChI is InChI=1S/C10H19F3N2/c1-8-5-15-7-9(8)6-14-4-2-3-10(11,12)13/h8-9,14-15H,2-7H2,1H3. The van der Waals surface area contributed by atoms with Crippen molar-refractivity contribution in [3.05, 3.63) is 0 Å². The largest absolute Gasteiger partial charge is 0.389 e. The summed E-state index contributed by atoms with van der Waals surface area (Å²) in [6.45, 7) is 5.46. The van der Waals surface area contributed by atoms with Crippen molar-refractivity contribution < 1.29 is 13.2 Å². The summed E-state index contributed by atoms with van der Waals surface area (Å²) in [5.74, 6) is 1.19. The number of alkyl halides is 3. The molecular formula is C10H19F3N2. The van der Waals surface area contributed by atoms with Crippen molar-refractivity contribution in [2.45, 2.75) is 25.9 Å². The van der Waals surface area contributed by atoms with Crippen molar-refractivity contribution in [2.75, 3.05) is 26.2 Å². The predicted molar refractivity (Wildman–Crippen MR) is 53.7 cm³/mol. The molecule has 0 aromatic heterocycles. The Labute approximate surface area is 88.6 Å². The monoisotopic (exact) mass is 224 g/mol. The molecule has 0 amide bonds. The van der Waals surface area contributed by atoms with Gasteiger partial charge in [-0.3, -0.25) is 0 Å². The van der Waals surface area contributed by atoms with Gasteiger partial charge in [0.2, 0.25) is 0 Å². The van der Waals surface area contributed by atoms with Gasteiger partial charge in [0.05, 0.1) is 0 Å². The Balaban J connectivity index is 1.97. The Morgan fingerprint density at radius 2 is 2.07 bits per heavy atom. The molecule has 90 valence electrons. The van der Waals surface area contributed by atoms with Crippen LogP contribution in [0.3, 0.4) is 0 Å². The van der Waals surface area contributed by atoms with Crippen molar-refractivity contribution in [1.29, 1.82) is 0 Å². The molecule has 1 heterocycles. The maximum absolute atomic E-state index is 11.8. The summed E-state index contributed by atoms with van der Waals surface area (Å²) in [7, 11) is 0. The van der Waals surface area contributed by atoms with Crippen LogP contribution < -0.4 is 10.6 Å². The van der Waals surface area contributed by atoms with Gasteiger partial charge in [-0.1, -0.05) is 6.92 Å². The van der Waals surface area contributed by atoms with Gasteiger partial charge < -0.3 is 10.6 Å². The topological polar surface area (TPSA) is 24.1 Å². The van der Waals surface area contributed by atoms with Crippen LogP contribution in [0.4, 0.5) is 13.2 Å². The van der Waals surface area contributed by atoms with E-state index in [1.54, 1.807) is 0 Å². The van der Waals surface area contributed by atoms with E-state index in [9.17, 15) is 13.2 Å². The Kier molecular flexibility index (Phi) is 4.86. The Bertz CT molecular complexity index is 182. The normalized spacial score (nSPS) is 27.2. The minimum Gasteiger partial charge on any atom is -0.316 e. The maximum atomic E-state index is 11.8. The summed E-state index contributed by atoms with van der Waals surface area (Å²) in [5, 5.41) is 6.36. The van der Waals surface area contributed by atoms with Crippen molar-refractivity contribution >= 4 is 0 Å². The van der Waals surface area contributed by atoms with Crippen molar-refractivity contribution in [3.8, 4) is 0 Å². The van der Waals surface area contributed by atoms with E-state index in [4.69, 9.17) is 0 Å². The van der Waals surface area contributed by atoms with E-state index < -0.39 is 12.6 Å². The molecule has 0 saturated carbocycles. The van der Waals surface area contributed by atoms with Gasteiger partial charge in [-0.2, -0.15) is 13.2 Å². The molecule has 2 unspecified atom stereocenters. The van der Waals surface area contributed by atoms with E-state index in [1.165, 1.54) is 0 Å². The fraction of sp³-hybridized carbons (Fsp3) is 1.00. The molecule has 5 heteroatoms. The van der Waals surface area contributed by atoms with Gasteiger partial charge in [-0.25, -0.2) is 0 Å². The highest BCUT2D eigenvalue weighted by molar-refractivity contribution is 4.79. The summed E-state index contributed by atoms with van der Waals surface area (Å²) >= 11 is 0. The summed E-state index contributed by atoms with van der Waals surface area (Å²) in [6.07, 6.45) is -4.51. The van der Waals surface area contributed by atoms with Gasteiger partial charge in [0.25, 0.3) is 0 Å². The molecule has 2 nitrogen and oxygen atoms in total. The summed E-state index contributed by atoms with van der Waals surface area (Å²) in [5.41, 5.74) is 0. The van der Waals surface area contributed by atoms with Gasteiger partial charge >= 0.3 is 6.18 Å². The van der Waals surface area contributed by atoms with E-state index in [0.29, 0.717) is 18.4 Å². The molecule has 0 aromatic carbocycles. The Morgan fingerprint density at radius 3 is 2.60 bits per heavy atom. The van der Waals surface area contributed by atoms with Crippen LogP contribution in [-0.2, 0) is 0 Å². The third-order valence-corrected chi connectivity index (χ3v) is 2.90. The number of hydrogen-bond acceptors (Lipinski definition) is 2. The van der Waals surface area contributed by atoms with Crippen LogP contribution in [0.25, 0.3) is 0 Å². The molecule has 2 N–H and O–H groups in total. The minimum atomic E-state index is -4.01. The first-order chi connectivity index (χ1) is 6.99. The second-order valence-corrected chi connectivity index (χ2v) is 4.32. The lowest BCUT2D eigenvalue weighted by Gasteiger charge is -2.15. The maximum Gasteiger partial charge on any atom is 0.389 e. The lowest BCUT2D eigenvalue weighted by Crippen LogP contribution is -2.28. The van der Waals surface area contributed by atoms with Gasteiger partial charge in [0.1, 0.15) is 0 Å². The van der Waals surface area contributed by atoms with Crippen LogP contribution in [0, 0.1) is 11.8 Å². The average Bonchev–Trinajstić information content (AvgIpc) is 2.49. The summed E-state index contributed by atoms with van der Waals surface area (Å²) in [4.78, 5) is 0. The molecule has 0 aliphatic carbocycles. The number of hydrogen-bond donors (Lipinski definition) is 2. The molecule has 0 aromatic rings. The highest BCUT2D eigenvalue weighted by Gasteiger charge is 2.26. The van der Waals surface area contributed by atoms with Gasteiger partial charge in [-0.05, 0) is 44.4 Å². The van der Waals surface area contributed by atoms with Crippen molar-refractivity contribution in [3.63, 3.8) is 0 Å². The number of rotatable bonds is 5. The molecular weight excluding hydrogens is 205 g/mol. The molecule has 0 bridgehead atoms. The first kappa shape index (κ1) is 12.8. The van der Waals surface area contributed by atoms with E-state index in [0.717, 1.165) is 19.6 Å². The predicted octanol–water partition coefficient (Wildman–Crippen LogP) is 1.77. The number of nitrogens with one attached hydrogen (secondary N) is 2. The minimum absolute atomic E-state index is 0.179. The lowest BCUT2D eigenvalue weighted by atomic mass is 9.98. The lowest BCUT2D eigenvalue weighted by molar-refractivity contribution is -0.135. The first-order valence-electron chi connectivity index (χ1n) is 5.47. The number of halogens is 3. The third-order valence-electron chi connectivity index (χ3n) is 2.90. The molecule has 0 spiro atoms. The van der Waals surface area contributed by atoms with E-state index in [1.807, 2.05) is 0 Å². The fourth-order valence-electron chi connectivity index (χ4n) is 1.84. The molecule has 1 aliphatic rings. The van der Waals surface area contributed by atoms with Gasteiger partial charge in [0, 0.05) is 6.42 Å². The van der Waals surface area contributed by atoms with Crippen LogP contribution in [0.5, 0.6) is 0 Å². The van der Waals surface area contributed by atoms with Crippen LogP contribution in [0.2, 0.25) is 0 Å². The highest BCUT2D eigenvalue weighted by Crippen LogP contribution is 2.20. The van der Waals surface area contributed by atoms with Gasteiger partial charge in [0.15, 0.2) is 0 Å². The second-order valence-electron chi connectivity index (χ2n) is 4.32. The molecule has 15 heavy (non-hydrogen) atoms. The third kappa shape index (κ3) is 5.37. The van der Waals surface area contributed by atoms with Crippen LogP contribution in [0.1, 0.15) is 19.8 Å². The average molecular weight is 224 g/mol. The van der Waals surface area contributed by atoms with E-state index in [-0.39, 0.29) is 6.42 Å². The van der Waals surface area contributed by atoms with Crippen LogP contribution >= 0.6 is 0 Å². The zero-order valence-corrected chi connectivity index (χ0v) is 9.03. The zero-order valence-electron chi connectivity index (χ0n) is 9.03. The first-order valence-corrected chi connectivity index (χ1v) is 5.47. The molecule has 2 atom stereocenters. The Morgan fingerprint density at radius 1 is 1.33 bits per heavy atom. The molecule has 1 aliphatic heterocycles. The summed E-state index contributed by atoms with van der Waals surface area (Å²) in [6, 6.07) is 0. The van der Waals surface area contributed by atoms with Crippen LogP contribution in [0.15, 0.2) is 0 Å². The van der Waals surface area contributed by atoms with Gasteiger partial charge in [-0.15, -0.1) is 0 Å². The smallest absolute Gasteiger partial charge is 0.316 e. The van der Waals surface area contributed by atoms with Crippen LogP contribution in [-0.4, -0.2) is 32.4 Å². The fourth-order valence-corrected chi connectivity index (χ4v) is 1.84. The van der Waals surface area contributed by atoms with Crippen molar-refractivity contribution in [2.24, 2.45) is 11.8 Å². The molecule has 1 rings (SSSR count). The molecule has 0 radical (unpaired) electrons. The quantitative estimate of drug-likeness (QED) is 0.695. The zero-order chi connectivity index (χ0) is 11.3. The SMILES string of the molecule is CC1CNCC1CNCCCC(F)(F)F. The Hall–Kier alpha value is -0.290. The summed E-state index contributed by atoms with van der Waals surface area (Å²) < 4.78 is 35.4. The molecule has 1 saturated heterocycles. The van der Waals surface area contributed by atoms with Crippen molar-refractivity contribution in [1.82, 2.24) is 10.6 Å². The molecule has 1 fully saturated rings.